The van der Waals surface area contributed by atoms with Gasteiger partial charge < -0.3 is 4.74 Å². The lowest BCUT2D eigenvalue weighted by atomic mass is 9.76. The van der Waals surface area contributed by atoms with Crippen LogP contribution in [0.3, 0.4) is 0 Å². The van der Waals surface area contributed by atoms with Crippen molar-refractivity contribution in [1.29, 1.82) is 0 Å². The predicted octanol–water partition coefficient (Wildman–Crippen LogP) is 3.94. The molecule has 0 radical (unpaired) electrons. The molecular weight excluding hydrogens is 464 g/mol. The molecule has 3 aromatic carbocycles. The molecule has 2 fully saturated rings. The van der Waals surface area contributed by atoms with E-state index in [0.717, 1.165) is 11.1 Å². The van der Waals surface area contributed by atoms with Crippen molar-refractivity contribution in [2.45, 2.75) is 24.5 Å². The Kier molecular flexibility index (Phi) is 6.17. The average Bonchev–Trinajstić information content (AvgIpc) is 3.34. The molecule has 5 rings (SSSR count). The van der Waals surface area contributed by atoms with E-state index in [1.54, 1.807) is 12.1 Å². The molecule has 6 nitrogen and oxygen atoms in total. The van der Waals surface area contributed by atoms with Crippen molar-refractivity contribution in [3.63, 3.8) is 0 Å². The normalized spacial score (nSPS) is 25.5. The summed E-state index contributed by atoms with van der Waals surface area (Å²) in [5, 5.41) is 3.84. The third-order valence-corrected chi connectivity index (χ3v) is 7.39. The topological polar surface area (TPSA) is 75.7 Å². The summed E-state index contributed by atoms with van der Waals surface area (Å²) in [4.78, 5) is 42.5. The highest BCUT2D eigenvalue weighted by atomic mass is 35.5. The molecule has 0 aromatic heterocycles. The molecule has 0 aliphatic carbocycles. The average molecular weight is 489 g/mol. The van der Waals surface area contributed by atoms with Gasteiger partial charge >= 0.3 is 5.97 Å². The number of nitrogens with one attached hydrogen (secondary N) is 1. The number of hydrogen-bond donors (Lipinski definition) is 1. The second-order valence-electron chi connectivity index (χ2n) is 9.02. The fourth-order valence-electron chi connectivity index (χ4n) is 5.50. The highest BCUT2D eigenvalue weighted by Crippen LogP contribution is 2.51. The Morgan fingerprint density at radius 1 is 0.914 bits per heavy atom. The Labute approximate surface area is 208 Å². The Hall–Kier alpha value is -3.48. The fourth-order valence-corrected chi connectivity index (χ4v) is 5.75. The minimum Gasteiger partial charge on any atom is -0.468 e. The standard InChI is InChI=1S/C28H25ClN2O4/c1-35-27(34)28(16-18-10-4-2-5-11-18)23-22(24(30-28)20-14-8-9-15-21(20)29)25(32)31(26(23)33)17-19-12-6-3-7-13-19/h2-15,22-24,30H,16-17H2,1H3/t22-,23-,24-,28+/m0/s1. The van der Waals surface area contributed by atoms with Crippen LogP contribution in [0.2, 0.25) is 5.02 Å². The van der Waals surface area contributed by atoms with E-state index >= 15 is 0 Å². The zero-order chi connectivity index (χ0) is 24.6. The number of benzene rings is 3. The Bertz CT molecular complexity index is 1270. The molecule has 7 heteroatoms. The Balaban J connectivity index is 1.64. The quantitative estimate of drug-likeness (QED) is 0.420. The SMILES string of the molecule is COC(=O)[C@]1(Cc2ccccc2)N[C@@H](c2ccccc2Cl)[C@H]2C(=O)N(Cc3ccccc3)C(=O)[C@H]21. The lowest BCUT2D eigenvalue weighted by Gasteiger charge is -2.32. The van der Waals surface area contributed by atoms with Gasteiger partial charge in [-0.15, -0.1) is 0 Å². The third kappa shape index (κ3) is 3.93. The van der Waals surface area contributed by atoms with Crippen molar-refractivity contribution in [1.82, 2.24) is 10.2 Å². The number of nitrogens with zero attached hydrogens (tertiary/aromatic N) is 1. The minimum atomic E-state index is -1.43. The predicted molar refractivity (Wildman–Crippen MR) is 131 cm³/mol. The van der Waals surface area contributed by atoms with Crippen LogP contribution in [-0.2, 0) is 32.1 Å². The van der Waals surface area contributed by atoms with Gasteiger partial charge in [0.05, 0.1) is 25.5 Å². The molecule has 3 aromatic rings. The number of rotatable bonds is 6. The Morgan fingerprint density at radius 3 is 2.14 bits per heavy atom. The maximum absolute atomic E-state index is 13.9. The molecular formula is C28H25ClN2O4. The summed E-state index contributed by atoms with van der Waals surface area (Å²) in [7, 11) is 1.30. The van der Waals surface area contributed by atoms with Crippen molar-refractivity contribution >= 4 is 29.4 Å². The third-order valence-electron chi connectivity index (χ3n) is 7.04. The van der Waals surface area contributed by atoms with Gasteiger partial charge in [-0.2, -0.15) is 0 Å². The first-order valence-electron chi connectivity index (χ1n) is 11.5. The second kappa shape index (κ2) is 9.29. The number of carbonyl (C=O) groups is 3. The van der Waals surface area contributed by atoms with Crippen molar-refractivity contribution in [3.05, 3.63) is 107 Å². The number of methoxy groups -OCH3 is 1. The number of esters is 1. The maximum Gasteiger partial charge on any atom is 0.327 e. The first kappa shape index (κ1) is 23.3. The zero-order valence-corrected chi connectivity index (χ0v) is 19.9. The summed E-state index contributed by atoms with van der Waals surface area (Å²) in [5.74, 6) is -3.01. The van der Waals surface area contributed by atoms with Crippen LogP contribution in [0.15, 0.2) is 84.9 Å². The summed E-state index contributed by atoms with van der Waals surface area (Å²) in [6, 6.07) is 25.4. The molecule has 0 unspecified atom stereocenters. The molecule has 2 aliphatic rings. The van der Waals surface area contributed by atoms with Gasteiger partial charge in [-0.05, 0) is 22.8 Å². The van der Waals surface area contributed by atoms with Crippen molar-refractivity contribution in [3.8, 4) is 0 Å². The van der Waals surface area contributed by atoms with E-state index in [0.29, 0.717) is 10.6 Å². The summed E-state index contributed by atoms with van der Waals surface area (Å²) in [6.07, 6.45) is 0.195. The van der Waals surface area contributed by atoms with Crippen molar-refractivity contribution in [2.75, 3.05) is 7.11 Å². The lowest BCUT2D eigenvalue weighted by Crippen LogP contribution is -2.57. The van der Waals surface area contributed by atoms with Gasteiger partial charge in [0.25, 0.3) is 0 Å². The number of halogens is 1. The molecule has 4 atom stereocenters. The summed E-state index contributed by atoms with van der Waals surface area (Å²) >= 11 is 6.55. The van der Waals surface area contributed by atoms with Crippen LogP contribution in [-0.4, -0.2) is 35.3 Å². The molecule has 1 N–H and O–H groups in total. The Morgan fingerprint density at radius 2 is 1.51 bits per heavy atom. The van der Waals surface area contributed by atoms with Crippen LogP contribution in [0.25, 0.3) is 0 Å². The second-order valence-corrected chi connectivity index (χ2v) is 9.43. The van der Waals surface area contributed by atoms with Crippen LogP contribution in [0, 0.1) is 11.8 Å². The smallest absolute Gasteiger partial charge is 0.327 e. The highest BCUT2D eigenvalue weighted by molar-refractivity contribution is 6.31. The van der Waals surface area contributed by atoms with Crippen LogP contribution >= 0.6 is 11.6 Å². The van der Waals surface area contributed by atoms with E-state index in [4.69, 9.17) is 16.3 Å². The van der Waals surface area contributed by atoms with Crippen LogP contribution in [0.4, 0.5) is 0 Å². The monoisotopic (exact) mass is 488 g/mol. The van der Waals surface area contributed by atoms with E-state index in [-0.39, 0.29) is 24.8 Å². The van der Waals surface area contributed by atoms with E-state index in [1.807, 2.05) is 72.8 Å². The lowest BCUT2D eigenvalue weighted by molar-refractivity contribution is -0.154. The van der Waals surface area contributed by atoms with Gasteiger partial charge in [-0.3, -0.25) is 24.6 Å². The van der Waals surface area contributed by atoms with E-state index in [9.17, 15) is 14.4 Å². The molecule has 178 valence electrons. The highest BCUT2D eigenvalue weighted by Gasteiger charge is 2.68. The first-order valence-corrected chi connectivity index (χ1v) is 11.9. The van der Waals surface area contributed by atoms with Crippen LogP contribution < -0.4 is 5.32 Å². The summed E-state index contributed by atoms with van der Waals surface area (Å²) in [6.45, 7) is 0.142. The first-order chi connectivity index (χ1) is 17.0. The maximum atomic E-state index is 13.9. The van der Waals surface area contributed by atoms with Gasteiger partial charge in [0.1, 0.15) is 5.54 Å². The molecule has 2 aliphatic heterocycles. The molecule has 0 saturated carbocycles. The van der Waals surface area contributed by atoms with E-state index in [2.05, 4.69) is 5.32 Å². The fraction of sp³-hybridized carbons (Fsp3) is 0.250. The molecule has 35 heavy (non-hydrogen) atoms. The van der Waals surface area contributed by atoms with Crippen molar-refractivity contribution in [2.24, 2.45) is 11.8 Å². The van der Waals surface area contributed by atoms with E-state index in [1.165, 1.54) is 12.0 Å². The molecule has 2 amide bonds. The van der Waals surface area contributed by atoms with E-state index < -0.39 is 29.4 Å². The van der Waals surface area contributed by atoms with Crippen molar-refractivity contribution < 1.29 is 19.1 Å². The number of amides is 2. The number of likely N-dealkylation sites (tertiary alicyclic amines) is 1. The van der Waals surface area contributed by atoms with Crippen LogP contribution in [0.5, 0.6) is 0 Å². The van der Waals surface area contributed by atoms with Gasteiger partial charge in [0.2, 0.25) is 11.8 Å². The molecule has 0 bridgehead atoms. The number of imide groups is 1. The summed E-state index contributed by atoms with van der Waals surface area (Å²) in [5.41, 5.74) is 0.933. The molecule has 0 spiro atoms. The molecule has 2 saturated heterocycles. The number of ether oxygens (including phenoxy) is 1. The number of fused-ring (bicyclic) bond motifs is 1. The molecule has 2 heterocycles. The minimum absolute atomic E-state index is 0.142. The van der Waals surface area contributed by atoms with Gasteiger partial charge in [0, 0.05) is 17.5 Å². The van der Waals surface area contributed by atoms with Gasteiger partial charge in [-0.25, -0.2) is 0 Å². The zero-order valence-electron chi connectivity index (χ0n) is 19.2. The number of hydrogen-bond acceptors (Lipinski definition) is 5. The largest absolute Gasteiger partial charge is 0.468 e. The van der Waals surface area contributed by atoms with Gasteiger partial charge in [0.15, 0.2) is 0 Å². The number of carbonyl (C=O) groups excluding carboxylic acids is 3. The van der Waals surface area contributed by atoms with Crippen LogP contribution in [0.1, 0.15) is 22.7 Å². The summed E-state index contributed by atoms with van der Waals surface area (Å²) < 4.78 is 5.25. The van der Waals surface area contributed by atoms with Gasteiger partial charge in [-0.1, -0.05) is 90.5 Å².